The van der Waals surface area contributed by atoms with Gasteiger partial charge in [0, 0.05) is 12.3 Å². The van der Waals surface area contributed by atoms with Crippen molar-refractivity contribution in [3.63, 3.8) is 0 Å². The lowest BCUT2D eigenvalue weighted by Crippen LogP contribution is -2.03. The number of aromatic nitrogens is 2. The molecule has 0 amide bonds. The van der Waals surface area contributed by atoms with E-state index < -0.39 is 0 Å². The van der Waals surface area contributed by atoms with Crippen LogP contribution in [0, 0.1) is 20.8 Å². The number of nitrogens with zero attached hydrogens (tertiary/aromatic N) is 2. The first-order chi connectivity index (χ1) is 11.5. The van der Waals surface area contributed by atoms with Gasteiger partial charge >= 0.3 is 5.97 Å². The number of hydrogen-bond donors (Lipinski definition) is 0. The lowest BCUT2D eigenvalue weighted by molar-refractivity contribution is -0.131. The standard InChI is InChI=1S/C20H18N2O2/c1-11-9-16-18(10-12(11)2)22-17-8-6-5-7-15(17)20(24-14(4)23)19(22)13(3)21-16/h5-10H,1-4H3. The highest BCUT2D eigenvalue weighted by atomic mass is 16.5. The summed E-state index contributed by atoms with van der Waals surface area (Å²) in [6.07, 6.45) is 0. The van der Waals surface area contributed by atoms with E-state index in [1.165, 1.54) is 18.1 Å². The van der Waals surface area contributed by atoms with E-state index in [1.54, 1.807) is 0 Å². The maximum atomic E-state index is 11.6. The van der Waals surface area contributed by atoms with Crippen LogP contribution in [0.25, 0.3) is 27.5 Å². The van der Waals surface area contributed by atoms with Crippen molar-refractivity contribution in [1.82, 2.24) is 9.38 Å². The Morgan fingerprint density at radius 2 is 1.75 bits per heavy atom. The van der Waals surface area contributed by atoms with E-state index in [0.29, 0.717) is 5.75 Å². The van der Waals surface area contributed by atoms with Crippen LogP contribution in [0.5, 0.6) is 5.75 Å². The van der Waals surface area contributed by atoms with Gasteiger partial charge in [0.1, 0.15) is 5.52 Å². The van der Waals surface area contributed by atoms with Crippen LogP contribution in [-0.2, 0) is 4.79 Å². The molecular formula is C20H18N2O2. The van der Waals surface area contributed by atoms with Crippen LogP contribution in [0.4, 0.5) is 0 Å². The van der Waals surface area contributed by atoms with Crippen LogP contribution in [0.2, 0.25) is 0 Å². The van der Waals surface area contributed by atoms with Crippen molar-refractivity contribution in [2.45, 2.75) is 27.7 Å². The molecule has 24 heavy (non-hydrogen) atoms. The van der Waals surface area contributed by atoms with Gasteiger partial charge in [0.05, 0.1) is 22.2 Å². The minimum Gasteiger partial charge on any atom is -0.424 e. The highest BCUT2D eigenvalue weighted by Gasteiger charge is 2.19. The number of benzene rings is 2. The van der Waals surface area contributed by atoms with Gasteiger partial charge in [0.25, 0.3) is 0 Å². The normalized spacial score (nSPS) is 11.5. The van der Waals surface area contributed by atoms with Crippen LogP contribution < -0.4 is 4.74 Å². The van der Waals surface area contributed by atoms with E-state index in [-0.39, 0.29) is 5.97 Å². The first kappa shape index (κ1) is 14.7. The van der Waals surface area contributed by atoms with Gasteiger partial charge in [0.2, 0.25) is 0 Å². The summed E-state index contributed by atoms with van der Waals surface area (Å²) in [5, 5.41) is 0.920. The third-order valence-electron chi connectivity index (χ3n) is 4.54. The van der Waals surface area contributed by atoms with Crippen molar-refractivity contribution < 1.29 is 9.53 Å². The van der Waals surface area contributed by atoms with Crippen LogP contribution in [0.3, 0.4) is 0 Å². The van der Waals surface area contributed by atoms with Gasteiger partial charge < -0.3 is 9.14 Å². The summed E-state index contributed by atoms with van der Waals surface area (Å²) in [4.78, 5) is 16.4. The molecule has 0 aliphatic carbocycles. The van der Waals surface area contributed by atoms with Crippen molar-refractivity contribution >= 4 is 33.4 Å². The zero-order valence-corrected chi connectivity index (χ0v) is 14.2. The van der Waals surface area contributed by atoms with Gasteiger partial charge in [0.15, 0.2) is 5.75 Å². The Bertz CT molecular complexity index is 1140. The average molecular weight is 318 g/mol. The van der Waals surface area contributed by atoms with Crippen molar-refractivity contribution in [2.24, 2.45) is 0 Å². The van der Waals surface area contributed by atoms with Gasteiger partial charge in [-0.05, 0) is 56.2 Å². The largest absolute Gasteiger partial charge is 0.424 e. The molecule has 4 rings (SSSR count). The van der Waals surface area contributed by atoms with Crippen molar-refractivity contribution in [3.05, 3.63) is 53.2 Å². The summed E-state index contributed by atoms with van der Waals surface area (Å²) < 4.78 is 7.72. The highest BCUT2D eigenvalue weighted by Crippen LogP contribution is 2.37. The Morgan fingerprint density at radius 3 is 2.50 bits per heavy atom. The van der Waals surface area contributed by atoms with E-state index in [2.05, 4.69) is 30.4 Å². The molecule has 0 saturated carbocycles. The lowest BCUT2D eigenvalue weighted by Gasteiger charge is -2.10. The van der Waals surface area contributed by atoms with Crippen LogP contribution in [-0.4, -0.2) is 15.4 Å². The van der Waals surface area contributed by atoms with Crippen molar-refractivity contribution in [1.29, 1.82) is 0 Å². The zero-order valence-electron chi connectivity index (χ0n) is 14.2. The molecular weight excluding hydrogens is 300 g/mol. The summed E-state index contributed by atoms with van der Waals surface area (Å²) in [6.45, 7) is 7.57. The molecule has 0 aliphatic heterocycles. The second kappa shape index (κ2) is 5.06. The maximum Gasteiger partial charge on any atom is 0.308 e. The average Bonchev–Trinajstić information content (AvgIpc) is 2.85. The Balaban J connectivity index is 2.30. The molecule has 0 unspecified atom stereocenters. The molecule has 120 valence electrons. The molecule has 2 aromatic carbocycles. The first-order valence-corrected chi connectivity index (χ1v) is 7.96. The Labute approximate surface area is 139 Å². The van der Waals surface area contributed by atoms with E-state index in [9.17, 15) is 4.79 Å². The number of hydrogen-bond acceptors (Lipinski definition) is 3. The maximum absolute atomic E-state index is 11.6. The molecule has 2 aromatic heterocycles. The van der Waals surface area contributed by atoms with Crippen molar-refractivity contribution in [3.8, 4) is 5.75 Å². The molecule has 4 nitrogen and oxygen atoms in total. The van der Waals surface area contributed by atoms with Crippen LogP contribution in [0.1, 0.15) is 23.7 Å². The fourth-order valence-electron chi connectivity index (χ4n) is 3.32. The fraction of sp³-hybridized carbons (Fsp3) is 0.200. The number of aryl methyl sites for hydroxylation is 3. The molecule has 4 heteroatoms. The number of rotatable bonds is 1. The Morgan fingerprint density at radius 1 is 1.04 bits per heavy atom. The number of carbonyl (C=O) groups excluding carboxylic acids is 1. The van der Waals surface area contributed by atoms with E-state index in [4.69, 9.17) is 9.72 Å². The molecule has 0 bridgehead atoms. The Hall–Kier alpha value is -2.88. The molecule has 0 fully saturated rings. The van der Waals surface area contributed by atoms with Crippen LogP contribution in [0.15, 0.2) is 36.4 Å². The minimum absolute atomic E-state index is 0.326. The molecule has 0 atom stereocenters. The number of ether oxygens (including phenoxy) is 1. The summed E-state index contributed by atoms with van der Waals surface area (Å²) in [5.74, 6) is 0.260. The second-order valence-corrected chi connectivity index (χ2v) is 6.25. The smallest absolute Gasteiger partial charge is 0.308 e. The van der Waals surface area contributed by atoms with Gasteiger partial charge in [-0.25, -0.2) is 4.98 Å². The third kappa shape index (κ3) is 1.99. The topological polar surface area (TPSA) is 43.6 Å². The van der Waals surface area contributed by atoms with E-state index in [0.717, 1.165) is 33.1 Å². The number of para-hydroxylation sites is 1. The number of carbonyl (C=O) groups is 1. The Kier molecular flexibility index (Phi) is 3.10. The fourth-order valence-corrected chi connectivity index (χ4v) is 3.32. The molecule has 0 N–H and O–H groups in total. The van der Waals surface area contributed by atoms with Gasteiger partial charge in [-0.1, -0.05) is 12.1 Å². The summed E-state index contributed by atoms with van der Waals surface area (Å²) in [6, 6.07) is 12.2. The van der Waals surface area contributed by atoms with Crippen LogP contribution >= 0.6 is 0 Å². The number of fused-ring (bicyclic) bond motifs is 5. The SMILES string of the molecule is CC(=O)Oc1c2ccccc2n2c1c(C)nc1cc(C)c(C)cc12. The molecule has 0 saturated heterocycles. The lowest BCUT2D eigenvalue weighted by atomic mass is 10.1. The van der Waals surface area contributed by atoms with Gasteiger partial charge in [-0.3, -0.25) is 4.79 Å². The summed E-state index contributed by atoms with van der Waals surface area (Å²) in [5.41, 5.74) is 7.10. The molecule has 0 spiro atoms. The predicted octanol–water partition coefficient (Wildman–Crippen LogP) is 4.49. The van der Waals surface area contributed by atoms with Gasteiger partial charge in [-0.2, -0.15) is 0 Å². The minimum atomic E-state index is -0.326. The molecule has 4 aromatic rings. The second-order valence-electron chi connectivity index (χ2n) is 6.25. The molecule has 0 aliphatic rings. The van der Waals surface area contributed by atoms with Gasteiger partial charge in [-0.15, -0.1) is 0 Å². The summed E-state index contributed by atoms with van der Waals surface area (Å²) >= 11 is 0. The molecule has 2 heterocycles. The quantitative estimate of drug-likeness (QED) is 0.486. The number of esters is 1. The first-order valence-electron chi connectivity index (χ1n) is 7.96. The van der Waals surface area contributed by atoms with Crippen molar-refractivity contribution in [2.75, 3.05) is 0 Å². The highest BCUT2D eigenvalue weighted by molar-refractivity contribution is 6.02. The molecule has 0 radical (unpaired) electrons. The summed E-state index contributed by atoms with van der Waals surface area (Å²) in [7, 11) is 0. The monoisotopic (exact) mass is 318 g/mol. The zero-order chi connectivity index (χ0) is 17.0. The third-order valence-corrected chi connectivity index (χ3v) is 4.54. The van der Waals surface area contributed by atoms with E-state index >= 15 is 0 Å². The van der Waals surface area contributed by atoms with E-state index in [1.807, 2.05) is 31.2 Å². The predicted molar refractivity (Wildman–Crippen MR) is 95.7 cm³/mol.